The third kappa shape index (κ3) is 9.28. The number of hydrogen-bond donors (Lipinski definition) is 3. The van der Waals surface area contributed by atoms with Crippen LogP contribution in [0.1, 0.15) is 25.8 Å². The molecule has 1 rings (SSSR count). The van der Waals surface area contributed by atoms with Gasteiger partial charge in [-0.1, -0.05) is 26.0 Å². The van der Waals surface area contributed by atoms with Crippen LogP contribution in [0.2, 0.25) is 0 Å². The molecule has 1 unspecified atom stereocenters. The summed E-state index contributed by atoms with van der Waals surface area (Å²) in [7, 11) is 0. The molecule has 1 atom stereocenters. The number of halogens is 1. The number of carboxylic acids is 1. The van der Waals surface area contributed by atoms with Crippen LogP contribution in [0.25, 0.3) is 0 Å². The lowest BCUT2D eigenvalue weighted by atomic mass is 10.1. The zero-order valence-corrected chi connectivity index (χ0v) is 13.2. The normalized spacial score (nSPS) is 11.8. The minimum Gasteiger partial charge on any atom is -0.491 e. The van der Waals surface area contributed by atoms with Gasteiger partial charge in [0.25, 0.3) is 0 Å². The number of aliphatic hydroxyl groups excluding tert-OH is 1. The number of nitrogens with one attached hydrogen (secondary N) is 1. The summed E-state index contributed by atoms with van der Waals surface area (Å²) in [4.78, 5) is 10.5. The monoisotopic (exact) mass is 317 g/mol. The molecule has 0 aliphatic rings. The Morgan fingerprint density at radius 2 is 1.90 bits per heavy atom. The van der Waals surface area contributed by atoms with Gasteiger partial charge in [-0.15, -0.1) is 12.4 Å². The second-order valence-corrected chi connectivity index (χ2v) is 5.07. The Balaban J connectivity index is 0.00000400. The van der Waals surface area contributed by atoms with E-state index in [9.17, 15) is 9.90 Å². The van der Waals surface area contributed by atoms with E-state index in [0.717, 1.165) is 5.56 Å². The van der Waals surface area contributed by atoms with Crippen molar-refractivity contribution in [2.45, 2.75) is 38.8 Å². The Bertz CT molecular complexity index is 409. The van der Waals surface area contributed by atoms with Crippen molar-refractivity contribution in [3.63, 3.8) is 0 Å². The molecule has 5 nitrogen and oxygen atoms in total. The number of aliphatic carboxylic acids is 1. The smallest absolute Gasteiger partial charge is 0.303 e. The zero-order chi connectivity index (χ0) is 15.0. The molecule has 0 aliphatic heterocycles. The molecule has 0 bridgehead atoms. The summed E-state index contributed by atoms with van der Waals surface area (Å²) < 4.78 is 5.47. The van der Waals surface area contributed by atoms with Crippen LogP contribution >= 0.6 is 12.4 Å². The van der Waals surface area contributed by atoms with Crippen LogP contribution in [0, 0.1) is 0 Å². The summed E-state index contributed by atoms with van der Waals surface area (Å²) in [6, 6.07) is 7.60. The molecule has 21 heavy (non-hydrogen) atoms. The Morgan fingerprint density at radius 3 is 2.43 bits per heavy atom. The summed E-state index contributed by atoms with van der Waals surface area (Å²) in [6.07, 6.45) is 0.0835. The van der Waals surface area contributed by atoms with Crippen LogP contribution in [0.3, 0.4) is 0 Å². The summed E-state index contributed by atoms with van der Waals surface area (Å²) in [5, 5.41) is 21.4. The van der Waals surface area contributed by atoms with Gasteiger partial charge in [0.15, 0.2) is 0 Å². The molecule has 0 radical (unpaired) electrons. The fourth-order valence-electron chi connectivity index (χ4n) is 1.63. The second kappa shape index (κ2) is 10.4. The average Bonchev–Trinajstić information content (AvgIpc) is 2.41. The Labute approximate surface area is 131 Å². The van der Waals surface area contributed by atoms with Crippen LogP contribution in [0.15, 0.2) is 24.3 Å². The van der Waals surface area contributed by atoms with Gasteiger partial charge < -0.3 is 20.3 Å². The number of ether oxygens (including phenoxy) is 1. The van der Waals surface area contributed by atoms with E-state index >= 15 is 0 Å². The lowest BCUT2D eigenvalue weighted by molar-refractivity contribution is -0.136. The SMILES string of the molecule is CC(C)NCC(O)COc1ccc(CCC(=O)O)cc1.Cl. The van der Waals surface area contributed by atoms with E-state index in [1.54, 1.807) is 12.1 Å². The molecular weight excluding hydrogens is 294 g/mol. The second-order valence-electron chi connectivity index (χ2n) is 5.07. The summed E-state index contributed by atoms with van der Waals surface area (Å²) in [5.41, 5.74) is 0.960. The van der Waals surface area contributed by atoms with Gasteiger partial charge in [-0.3, -0.25) is 4.79 Å². The molecule has 0 saturated heterocycles. The van der Waals surface area contributed by atoms with Crippen LogP contribution in [0.4, 0.5) is 0 Å². The third-order valence-corrected chi connectivity index (χ3v) is 2.76. The Kier molecular flexibility index (Phi) is 9.78. The predicted octanol–water partition coefficient (Wildman–Crippen LogP) is 1.86. The number of carboxylic acid groups (broad SMARTS) is 1. The van der Waals surface area contributed by atoms with Crippen molar-refractivity contribution in [3.8, 4) is 5.75 Å². The number of rotatable bonds is 9. The largest absolute Gasteiger partial charge is 0.491 e. The highest BCUT2D eigenvalue weighted by molar-refractivity contribution is 5.85. The fourth-order valence-corrected chi connectivity index (χ4v) is 1.63. The maximum Gasteiger partial charge on any atom is 0.303 e. The summed E-state index contributed by atoms with van der Waals surface area (Å²) in [6.45, 7) is 4.76. The molecule has 0 heterocycles. The van der Waals surface area contributed by atoms with E-state index in [0.29, 0.717) is 24.8 Å². The summed E-state index contributed by atoms with van der Waals surface area (Å²) >= 11 is 0. The van der Waals surface area contributed by atoms with Crippen LogP contribution in [-0.2, 0) is 11.2 Å². The Hall–Kier alpha value is -1.30. The summed E-state index contributed by atoms with van der Waals surface area (Å²) in [5.74, 6) is -0.126. The first-order valence-electron chi connectivity index (χ1n) is 6.82. The van der Waals surface area contributed by atoms with E-state index in [-0.39, 0.29) is 25.4 Å². The first-order chi connectivity index (χ1) is 9.47. The molecule has 0 aliphatic carbocycles. The van der Waals surface area contributed by atoms with Crippen molar-refractivity contribution >= 4 is 18.4 Å². The molecular formula is C15H24ClNO4. The minimum absolute atomic E-state index is 0. The molecule has 0 spiro atoms. The fraction of sp³-hybridized carbons (Fsp3) is 0.533. The molecule has 3 N–H and O–H groups in total. The average molecular weight is 318 g/mol. The molecule has 120 valence electrons. The lowest BCUT2D eigenvalue weighted by Crippen LogP contribution is -2.35. The number of carbonyl (C=O) groups is 1. The van der Waals surface area contributed by atoms with Gasteiger partial charge in [-0.2, -0.15) is 0 Å². The number of aliphatic hydroxyl groups is 1. The first-order valence-corrected chi connectivity index (χ1v) is 6.82. The third-order valence-electron chi connectivity index (χ3n) is 2.76. The molecule has 1 aromatic rings. The van der Waals surface area contributed by atoms with Crippen LogP contribution < -0.4 is 10.1 Å². The number of hydrogen-bond acceptors (Lipinski definition) is 4. The van der Waals surface area contributed by atoms with E-state index in [1.165, 1.54) is 0 Å². The standard InChI is InChI=1S/C15H23NO4.ClH/c1-11(2)16-9-13(17)10-20-14-6-3-12(4-7-14)5-8-15(18)19;/h3-4,6-7,11,13,16-17H,5,8-10H2,1-2H3,(H,18,19);1H. The van der Waals surface area contributed by atoms with E-state index in [1.807, 2.05) is 26.0 Å². The van der Waals surface area contributed by atoms with E-state index < -0.39 is 12.1 Å². The van der Waals surface area contributed by atoms with Crippen molar-refractivity contribution in [3.05, 3.63) is 29.8 Å². The molecule has 0 aromatic heterocycles. The quantitative estimate of drug-likeness (QED) is 0.648. The number of benzene rings is 1. The maximum absolute atomic E-state index is 10.5. The van der Waals surface area contributed by atoms with Gasteiger partial charge in [0, 0.05) is 19.0 Å². The van der Waals surface area contributed by atoms with Crippen molar-refractivity contribution in [2.75, 3.05) is 13.2 Å². The molecule has 0 saturated carbocycles. The van der Waals surface area contributed by atoms with Crippen LogP contribution in [0.5, 0.6) is 5.75 Å². The van der Waals surface area contributed by atoms with Crippen molar-refractivity contribution in [1.29, 1.82) is 0 Å². The van der Waals surface area contributed by atoms with Gasteiger partial charge >= 0.3 is 5.97 Å². The molecule has 6 heteroatoms. The molecule has 1 aromatic carbocycles. The van der Waals surface area contributed by atoms with Crippen molar-refractivity contribution in [2.24, 2.45) is 0 Å². The highest BCUT2D eigenvalue weighted by Crippen LogP contribution is 2.13. The maximum atomic E-state index is 10.5. The lowest BCUT2D eigenvalue weighted by Gasteiger charge is -2.15. The number of aryl methyl sites for hydroxylation is 1. The highest BCUT2D eigenvalue weighted by Gasteiger charge is 2.06. The Morgan fingerprint density at radius 1 is 1.29 bits per heavy atom. The zero-order valence-electron chi connectivity index (χ0n) is 12.4. The van der Waals surface area contributed by atoms with Gasteiger partial charge in [-0.05, 0) is 24.1 Å². The highest BCUT2D eigenvalue weighted by atomic mass is 35.5. The molecule has 0 amide bonds. The van der Waals surface area contributed by atoms with Gasteiger partial charge in [-0.25, -0.2) is 0 Å². The van der Waals surface area contributed by atoms with Crippen molar-refractivity contribution < 1.29 is 19.7 Å². The van der Waals surface area contributed by atoms with Gasteiger partial charge in [0.2, 0.25) is 0 Å². The van der Waals surface area contributed by atoms with Crippen LogP contribution in [-0.4, -0.2) is 41.5 Å². The minimum atomic E-state index is -0.800. The first kappa shape index (κ1) is 19.7. The predicted molar refractivity (Wildman–Crippen MR) is 84.3 cm³/mol. The topological polar surface area (TPSA) is 78.8 Å². The van der Waals surface area contributed by atoms with Gasteiger partial charge in [0.05, 0.1) is 0 Å². The van der Waals surface area contributed by atoms with E-state index in [2.05, 4.69) is 5.32 Å². The van der Waals surface area contributed by atoms with Gasteiger partial charge in [0.1, 0.15) is 18.5 Å². The van der Waals surface area contributed by atoms with E-state index in [4.69, 9.17) is 9.84 Å². The molecule has 0 fully saturated rings. The van der Waals surface area contributed by atoms with Crippen molar-refractivity contribution in [1.82, 2.24) is 5.32 Å².